The Balaban J connectivity index is 1.33. The van der Waals surface area contributed by atoms with Gasteiger partial charge in [-0.2, -0.15) is 0 Å². The summed E-state index contributed by atoms with van der Waals surface area (Å²) in [6.07, 6.45) is 2.63. The highest BCUT2D eigenvalue weighted by Crippen LogP contribution is 2.36. The summed E-state index contributed by atoms with van der Waals surface area (Å²) in [6, 6.07) is 0.770. The zero-order valence-electron chi connectivity index (χ0n) is 14.2. The maximum atomic E-state index is 12.4. The summed E-state index contributed by atoms with van der Waals surface area (Å²) in [5.41, 5.74) is 0. The first-order valence-electron chi connectivity index (χ1n) is 8.69. The largest absolute Gasteiger partial charge is 0.348 e. The smallest absolute Gasteiger partial charge is 0.225 e. The van der Waals surface area contributed by atoms with E-state index in [9.17, 15) is 9.59 Å². The zero-order valence-corrected chi connectivity index (χ0v) is 14.2. The fourth-order valence-electron chi connectivity index (χ4n) is 3.78. The molecule has 3 aliphatic rings. The highest BCUT2D eigenvalue weighted by Gasteiger charge is 2.41. The van der Waals surface area contributed by atoms with Gasteiger partial charge in [0.25, 0.3) is 0 Å². The van der Waals surface area contributed by atoms with Crippen molar-refractivity contribution in [2.45, 2.75) is 44.8 Å². The van der Waals surface area contributed by atoms with Crippen LogP contribution >= 0.6 is 0 Å². The van der Waals surface area contributed by atoms with Crippen molar-refractivity contribution in [1.82, 2.24) is 29.9 Å². The van der Waals surface area contributed by atoms with E-state index in [0.717, 1.165) is 37.6 Å². The minimum Gasteiger partial charge on any atom is -0.348 e. The fraction of sp³-hybridized carbons (Fsp3) is 0.750. The summed E-state index contributed by atoms with van der Waals surface area (Å²) in [5, 5.41) is 11.3. The SMILES string of the molecule is Cc1nnc(CNC(=O)C2CC(=O)N(C3CN(C)C3)C2)n1C1CC1. The van der Waals surface area contributed by atoms with E-state index in [1.807, 2.05) is 18.9 Å². The molecule has 1 N–H and O–H groups in total. The Hall–Kier alpha value is -1.96. The lowest BCUT2D eigenvalue weighted by atomic mass is 10.1. The van der Waals surface area contributed by atoms with Crippen molar-refractivity contribution in [3.05, 3.63) is 11.6 Å². The molecule has 1 atom stereocenters. The molecule has 3 fully saturated rings. The molecule has 1 unspecified atom stereocenters. The van der Waals surface area contributed by atoms with E-state index in [1.165, 1.54) is 0 Å². The van der Waals surface area contributed by atoms with Crippen molar-refractivity contribution in [3.63, 3.8) is 0 Å². The second-order valence-electron chi connectivity index (χ2n) is 7.30. The molecular weight excluding hydrogens is 308 g/mol. The van der Waals surface area contributed by atoms with Crippen molar-refractivity contribution in [2.75, 3.05) is 26.7 Å². The number of aromatic nitrogens is 3. The molecule has 130 valence electrons. The number of nitrogens with zero attached hydrogens (tertiary/aromatic N) is 5. The van der Waals surface area contributed by atoms with Crippen LogP contribution in [-0.2, 0) is 16.1 Å². The van der Waals surface area contributed by atoms with E-state index in [2.05, 4.69) is 25.0 Å². The molecule has 0 spiro atoms. The van der Waals surface area contributed by atoms with Crippen molar-refractivity contribution < 1.29 is 9.59 Å². The van der Waals surface area contributed by atoms with Gasteiger partial charge in [-0.15, -0.1) is 10.2 Å². The minimum absolute atomic E-state index is 0.0541. The molecular formula is C16H24N6O2. The number of carbonyl (C=O) groups excluding carboxylic acids is 2. The summed E-state index contributed by atoms with van der Waals surface area (Å²) in [6.45, 7) is 4.68. The van der Waals surface area contributed by atoms with Gasteiger partial charge in [0.15, 0.2) is 5.82 Å². The topological polar surface area (TPSA) is 83.4 Å². The highest BCUT2D eigenvalue weighted by molar-refractivity contribution is 5.89. The molecule has 2 saturated heterocycles. The van der Waals surface area contributed by atoms with Crippen LogP contribution in [0.4, 0.5) is 0 Å². The van der Waals surface area contributed by atoms with Crippen molar-refractivity contribution in [1.29, 1.82) is 0 Å². The number of hydrogen-bond acceptors (Lipinski definition) is 5. The van der Waals surface area contributed by atoms with Crippen molar-refractivity contribution in [2.24, 2.45) is 5.92 Å². The zero-order chi connectivity index (χ0) is 16.8. The lowest BCUT2D eigenvalue weighted by Gasteiger charge is -2.42. The van der Waals surface area contributed by atoms with E-state index in [4.69, 9.17) is 0 Å². The first-order chi connectivity index (χ1) is 11.5. The van der Waals surface area contributed by atoms with Gasteiger partial charge < -0.3 is 19.7 Å². The number of hydrogen-bond donors (Lipinski definition) is 1. The minimum atomic E-state index is -0.248. The Labute approximate surface area is 141 Å². The van der Waals surface area contributed by atoms with Gasteiger partial charge in [0.1, 0.15) is 5.82 Å². The van der Waals surface area contributed by atoms with Crippen LogP contribution in [0.5, 0.6) is 0 Å². The molecule has 1 aliphatic carbocycles. The van der Waals surface area contributed by atoms with Crippen LogP contribution in [0.25, 0.3) is 0 Å². The van der Waals surface area contributed by atoms with Gasteiger partial charge in [-0.25, -0.2) is 0 Å². The molecule has 2 amide bonds. The van der Waals surface area contributed by atoms with Crippen LogP contribution < -0.4 is 5.32 Å². The number of amides is 2. The van der Waals surface area contributed by atoms with Crippen LogP contribution in [0.2, 0.25) is 0 Å². The van der Waals surface area contributed by atoms with E-state index >= 15 is 0 Å². The summed E-state index contributed by atoms with van der Waals surface area (Å²) in [5.74, 6) is 1.51. The van der Waals surface area contributed by atoms with E-state index in [0.29, 0.717) is 25.6 Å². The standard InChI is InChI=1S/C16H24N6O2/c1-10-18-19-14(22(10)12-3-4-12)6-17-16(24)11-5-15(23)21(7-11)13-8-20(2)9-13/h11-13H,3-9H2,1-2H3,(H,17,24). The number of aryl methyl sites for hydroxylation is 1. The van der Waals surface area contributed by atoms with E-state index in [-0.39, 0.29) is 23.8 Å². The third-order valence-electron chi connectivity index (χ3n) is 5.28. The molecule has 1 saturated carbocycles. The molecule has 0 aromatic carbocycles. The van der Waals surface area contributed by atoms with Gasteiger partial charge in [-0.1, -0.05) is 0 Å². The number of carbonyl (C=O) groups is 2. The second kappa shape index (κ2) is 5.84. The predicted octanol–water partition coefficient (Wildman–Crippen LogP) is -0.300. The van der Waals surface area contributed by atoms with E-state index in [1.54, 1.807) is 0 Å². The molecule has 8 heteroatoms. The average molecular weight is 332 g/mol. The first kappa shape index (κ1) is 15.6. The third kappa shape index (κ3) is 2.79. The second-order valence-corrected chi connectivity index (χ2v) is 7.30. The Morgan fingerprint density at radius 1 is 1.21 bits per heavy atom. The predicted molar refractivity (Wildman–Crippen MR) is 86.0 cm³/mol. The van der Waals surface area contributed by atoms with Gasteiger partial charge in [0.2, 0.25) is 11.8 Å². The summed E-state index contributed by atoms with van der Waals surface area (Å²) >= 11 is 0. The highest BCUT2D eigenvalue weighted by atomic mass is 16.2. The Morgan fingerprint density at radius 3 is 2.62 bits per heavy atom. The summed E-state index contributed by atoms with van der Waals surface area (Å²) in [4.78, 5) is 28.7. The maximum Gasteiger partial charge on any atom is 0.225 e. The van der Waals surface area contributed by atoms with Crippen LogP contribution in [0.3, 0.4) is 0 Å². The van der Waals surface area contributed by atoms with Gasteiger partial charge in [0, 0.05) is 32.1 Å². The molecule has 2 aliphatic heterocycles. The fourth-order valence-corrected chi connectivity index (χ4v) is 3.78. The lowest BCUT2D eigenvalue weighted by molar-refractivity contribution is -0.132. The molecule has 0 bridgehead atoms. The lowest BCUT2D eigenvalue weighted by Crippen LogP contribution is -2.58. The molecule has 4 rings (SSSR count). The maximum absolute atomic E-state index is 12.4. The Bertz CT molecular complexity index is 662. The van der Waals surface area contributed by atoms with Gasteiger partial charge in [0.05, 0.1) is 18.5 Å². The number of rotatable bonds is 5. The van der Waals surface area contributed by atoms with Crippen molar-refractivity contribution in [3.8, 4) is 0 Å². The Kier molecular flexibility index (Phi) is 3.79. The number of likely N-dealkylation sites (tertiary alicyclic amines) is 2. The normalized spacial score (nSPS) is 25.2. The van der Waals surface area contributed by atoms with E-state index < -0.39 is 0 Å². The third-order valence-corrected chi connectivity index (χ3v) is 5.28. The van der Waals surface area contributed by atoms with Crippen molar-refractivity contribution >= 4 is 11.8 Å². The van der Waals surface area contributed by atoms with Gasteiger partial charge >= 0.3 is 0 Å². The van der Waals surface area contributed by atoms with Crippen LogP contribution in [0.1, 0.15) is 37.0 Å². The van der Waals surface area contributed by atoms with Gasteiger partial charge in [-0.05, 0) is 26.8 Å². The number of likely N-dealkylation sites (N-methyl/N-ethyl adjacent to an activating group) is 1. The molecule has 1 aromatic heterocycles. The quantitative estimate of drug-likeness (QED) is 0.800. The van der Waals surface area contributed by atoms with Crippen LogP contribution in [-0.4, -0.2) is 69.1 Å². The first-order valence-corrected chi connectivity index (χ1v) is 8.69. The average Bonchev–Trinajstić information content (AvgIpc) is 3.18. The number of nitrogens with one attached hydrogen (secondary N) is 1. The molecule has 24 heavy (non-hydrogen) atoms. The van der Waals surface area contributed by atoms with Crippen LogP contribution in [0, 0.1) is 12.8 Å². The van der Waals surface area contributed by atoms with Gasteiger partial charge in [-0.3, -0.25) is 9.59 Å². The monoisotopic (exact) mass is 332 g/mol. The summed E-state index contributed by atoms with van der Waals surface area (Å²) in [7, 11) is 2.04. The molecule has 3 heterocycles. The molecule has 1 aromatic rings. The Morgan fingerprint density at radius 2 is 1.96 bits per heavy atom. The summed E-state index contributed by atoms with van der Waals surface area (Å²) < 4.78 is 2.12. The molecule has 0 radical (unpaired) electrons. The molecule has 8 nitrogen and oxygen atoms in total. The van der Waals surface area contributed by atoms with Crippen LogP contribution in [0.15, 0.2) is 0 Å².